The number of rotatable bonds is 3. The number of amides is 1. The molecule has 4 rings (SSSR count). The van der Waals surface area contributed by atoms with Gasteiger partial charge in [0.2, 0.25) is 5.91 Å². The van der Waals surface area contributed by atoms with E-state index in [9.17, 15) is 18.0 Å². The third-order valence-corrected chi connectivity index (χ3v) is 5.36. The number of hydrogen-bond acceptors (Lipinski definition) is 2. The number of carbonyl (C=O) groups is 1. The summed E-state index contributed by atoms with van der Waals surface area (Å²) < 4.78 is 47.7. The molecule has 7 heteroatoms. The van der Waals surface area contributed by atoms with Gasteiger partial charge in [-0.2, -0.15) is 0 Å². The van der Waals surface area contributed by atoms with Gasteiger partial charge in [0.15, 0.2) is 11.6 Å². The summed E-state index contributed by atoms with van der Waals surface area (Å²) >= 11 is 0. The highest BCUT2D eigenvalue weighted by Gasteiger charge is 2.36. The molecule has 3 aromatic rings. The molecule has 1 aliphatic rings. The van der Waals surface area contributed by atoms with Crippen molar-refractivity contribution < 1.29 is 22.7 Å². The van der Waals surface area contributed by atoms with E-state index in [2.05, 4.69) is 4.98 Å². The number of H-pyrrole nitrogens is 1. The average Bonchev–Trinajstić information content (AvgIpc) is 3.07. The third-order valence-electron chi connectivity index (χ3n) is 5.36. The van der Waals surface area contributed by atoms with Gasteiger partial charge < -0.3 is 14.6 Å². The van der Waals surface area contributed by atoms with Crippen molar-refractivity contribution in [2.45, 2.75) is 26.3 Å². The fourth-order valence-electron chi connectivity index (χ4n) is 4.03. The maximum atomic E-state index is 14.8. The molecule has 30 heavy (non-hydrogen) atoms. The maximum absolute atomic E-state index is 14.8. The normalized spacial score (nSPS) is 15.8. The van der Waals surface area contributed by atoms with E-state index < -0.39 is 23.5 Å². The summed E-state index contributed by atoms with van der Waals surface area (Å²) in [7, 11) is 1.57. The highest BCUT2D eigenvalue weighted by molar-refractivity contribution is 5.91. The molecule has 0 unspecified atom stereocenters. The first-order valence-electron chi connectivity index (χ1n) is 9.58. The van der Waals surface area contributed by atoms with Gasteiger partial charge in [-0.1, -0.05) is 5.57 Å². The van der Waals surface area contributed by atoms with E-state index in [0.29, 0.717) is 30.5 Å². The van der Waals surface area contributed by atoms with Crippen molar-refractivity contribution in [2.75, 3.05) is 13.7 Å². The van der Waals surface area contributed by atoms with E-state index in [1.165, 1.54) is 11.0 Å². The van der Waals surface area contributed by atoms with Crippen LogP contribution in [0.1, 0.15) is 36.7 Å². The quantitative estimate of drug-likeness (QED) is 0.482. The molecule has 2 heterocycles. The van der Waals surface area contributed by atoms with Gasteiger partial charge in [-0.25, -0.2) is 13.2 Å². The lowest BCUT2D eigenvalue weighted by molar-refractivity contribution is -0.128. The molecule has 1 amide bonds. The zero-order valence-electron chi connectivity index (χ0n) is 16.9. The fourth-order valence-corrected chi connectivity index (χ4v) is 4.03. The Kier molecular flexibility index (Phi) is 5.05. The van der Waals surface area contributed by atoms with Gasteiger partial charge in [-0.15, -0.1) is 0 Å². The van der Waals surface area contributed by atoms with Gasteiger partial charge in [0.25, 0.3) is 0 Å². The van der Waals surface area contributed by atoms with Crippen LogP contribution in [0.4, 0.5) is 13.2 Å². The summed E-state index contributed by atoms with van der Waals surface area (Å²) in [5.41, 5.74) is 2.98. The number of aromatic amines is 1. The highest BCUT2D eigenvalue weighted by Crippen LogP contribution is 2.40. The monoisotopic (exact) mass is 414 g/mol. The van der Waals surface area contributed by atoms with Crippen molar-refractivity contribution in [2.24, 2.45) is 0 Å². The van der Waals surface area contributed by atoms with Gasteiger partial charge in [-0.3, -0.25) is 4.79 Å². The Labute approximate surface area is 171 Å². The fraction of sp³-hybridized carbons (Fsp3) is 0.261. The van der Waals surface area contributed by atoms with E-state index in [-0.39, 0.29) is 11.5 Å². The van der Waals surface area contributed by atoms with Crippen molar-refractivity contribution in [1.82, 2.24) is 9.88 Å². The Balaban J connectivity index is 1.95. The number of benzene rings is 2. The number of ether oxygens (including phenoxy) is 1. The first-order chi connectivity index (χ1) is 14.3. The molecule has 0 saturated heterocycles. The predicted octanol–water partition coefficient (Wildman–Crippen LogP) is 5.03. The number of halogens is 3. The van der Waals surface area contributed by atoms with Gasteiger partial charge >= 0.3 is 0 Å². The molecule has 0 radical (unpaired) electrons. The third kappa shape index (κ3) is 3.34. The average molecular weight is 414 g/mol. The van der Waals surface area contributed by atoms with Crippen LogP contribution in [0.5, 0.6) is 5.75 Å². The van der Waals surface area contributed by atoms with Crippen LogP contribution in [-0.4, -0.2) is 29.4 Å². The molecular formula is C23H21F3N2O2. The minimum absolute atomic E-state index is 0.0936. The lowest BCUT2D eigenvalue weighted by atomic mass is 9.91. The summed E-state index contributed by atoms with van der Waals surface area (Å²) in [5, 5.41) is 0.895. The molecule has 0 spiro atoms. The Bertz CT molecular complexity index is 1180. The van der Waals surface area contributed by atoms with Crippen molar-refractivity contribution in [1.29, 1.82) is 0 Å². The number of aromatic nitrogens is 1. The molecule has 0 bridgehead atoms. The van der Waals surface area contributed by atoms with Crippen molar-refractivity contribution in [3.8, 4) is 5.75 Å². The molecular weight excluding hydrogens is 393 g/mol. The molecule has 1 N–H and O–H groups in total. The van der Waals surface area contributed by atoms with Crippen LogP contribution in [0.15, 0.2) is 42.0 Å². The zero-order valence-corrected chi connectivity index (χ0v) is 16.9. The number of methoxy groups -OCH3 is 1. The van der Waals surface area contributed by atoms with Gasteiger partial charge in [0.1, 0.15) is 17.6 Å². The smallest absolute Gasteiger partial charge is 0.247 e. The molecule has 0 saturated carbocycles. The van der Waals surface area contributed by atoms with E-state index in [4.69, 9.17) is 4.74 Å². The Morgan fingerprint density at radius 3 is 2.57 bits per heavy atom. The lowest BCUT2D eigenvalue weighted by Gasteiger charge is -2.36. The van der Waals surface area contributed by atoms with Crippen LogP contribution in [0.3, 0.4) is 0 Å². The molecule has 2 aromatic carbocycles. The first kappa shape index (κ1) is 20.1. The van der Waals surface area contributed by atoms with E-state index >= 15 is 0 Å². The Morgan fingerprint density at radius 1 is 1.13 bits per heavy atom. The summed E-state index contributed by atoms with van der Waals surface area (Å²) in [6, 6.07) is 5.95. The molecule has 0 fully saturated rings. The summed E-state index contributed by atoms with van der Waals surface area (Å²) in [4.78, 5) is 17.7. The lowest BCUT2D eigenvalue weighted by Crippen LogP contribution is -2.40. The van der Waals surface area contributed by atoms with Gasteiger partial charge in [0.05, 0.1) is 7.11 Å². The number of nitrogens with one attached hydrogen (secondary N) is 1. The minimum Gasteiger partial charge on any atom is -0.497 e. The number of nitrogens with zero attached hydrogens (tertiary/aromatic N) is 1. The van der Waals surface area contributed by atoms with Crippen molar-refractivity contribution in [3.05, 3.63) is 76.3 Å². The maximum Gasteiger partial charge on any atom is 0.247 e. The van der Waals surface area contributed by atoms with Gasteiger partial charge in [-0.05, 0) is 50.1 Å². The molecule has 1 aromatic heterocycles. The van der Waals surface area contributed by atoms with E-state index in [1.807, 2.05) is 12.1 Å². The number of carbonyl (C=O) groups excluding carboxylic acids is 1. The number of allylic oxidation sites excluding steroid dienone is 1. The number of fused-ring (bicyclic) bond motifs is 3. The zero-order chi connectivity index (χ0) is 21.6. The van der Waals surface area contributed by atoms with Crippen LogP contribution in [-0.2, 0) is 11.2 Å². The van der Waals surface area contributed by atoms with Crippen LogP contribution in [0.25, 0.3) is 10.9 Å². The van der Waals surface area contributed by atoms with Gasteiger partial charge in [0, 0.05) is 40.8 Å². The standard InChI is InChI=1S/C23H21F3N2O2/c1-12(2)8-21(29)28-7-6-14-15-9-13(30-3)4-5-20(15)27-22(14)23(28)16-10-18(25)19(26)11-17(16)24/h4-5,8-11,23,27H,6-7H2,1-3H3/t23-/m1/s1. The van der Waals surface area contributed by atoms with Crippen molar-refractivity contribution in [3.63, 3.8) is 0 Å². The minimum atomic E-state index is -1.27. The summed E-state index contributed by atoms with van der Waals surface area (Å²) in [6.45, 7) is 3.88. The molecule has 4 nitrogen and oxygen atoms in total. The topological polar surface area (TPSA) is 45.3 Å². The Hall–Kier alpha value is -3.22. The second-order valence-corrected chi connectivity index (χ2v) is 7.62. The van der Waals surface area contributed by atoms with Crippen LogP contribution >= 0.6 is 0 Å². The first-order valence-corrected chi connectivity index (χ1v) is 9.58. The highest BCUT2D eigenvalue weighted by atomic mass is 19.2. The molecule has 1 aliphatic heterocycles. The molecule has 156 valence electrons. The molecule has 0 aliphatic carbocycles. The van der Waals surface area contributed by atoms with Crippen LogP contribution < -0.4 is 4.74 Å². The second-order valence-electron chi connectivity index (χ2n) is 7.62. The predicted molar refractivity (Wildman–Crippen MR) is 108 cm³/mol. The summed E-state index contributed by atoms with van der Waals surface area (Å²) in [5.74, 6) is -2.98. The molecule has 1 atom stereocenters. The second kappa shape index (κ2) is 7.55. The van der Waals surface area contributed by atoms with Crippen LogP contribution in [0, 0.1) is 17.5 Å². The SMILES string of the molecule is COc1ccc2[nH]c3c(c2c1)CCN(C(=O)C=C(C)C)[C@@H]3c1cc(F)c(F)cc1F. The van der Waals surface area contributed by atoms with E-state index in [1.54, 1.807) is 27.0 Å². The van der Waals surface area contributed by atoms with Crippen LogP contribution in [0.2, 0.25) is 0 Å². The van der Waals surface area contributed by atoms with Crippen molar-refractivity contribution >= 4 is 16.8 Å². The Morgan fingerprint density at radius 2 is 1.87 bits per heavy atom. The van der Waals surface area contributed by atoms with E-state index in [0.717, 1.165) is 28.1 Å². The summed E-state index contributed by atoms with van der Waals surface area (Å²) in [6.07, 6.45) is 1.99. The largest absolute Gasteiger partial charge is 0.497 e. The number of hydrogen-bond donors (Lipinski definition) is 1.